The normalized spacial score (nSPS) is 22.3. The largest absolute Gasteiger partial charge is 0.573 e. The number of allylic oxidation sites excluding steroid dienone is 2. The smallest absolute Gasteiger partial charge is 0.497 e. The fourth-order valence-corrected chi connectivity index (χ4v) is 9.85. The van der Waals surface area contributed by atoms with Crippen molar-refractivity contribution in [2.24, 2.45) is 5.41 Å². The summed E-state index contributed by atoms with van der Waals surface area (Å²) in [6.07, 6.45) is 0.380. The van der Waals surface area contributed by atoms with Crippen LogP contribution in [0.25, 0.3) is 10.1 Å². The number of aliphatic hydroxyl groups excluding tert-OH is 1. The van der Waals surface area contributed by atoms with Crippen LogP contribution in [0.2, 0.25) is 0 Å². The summed E-state index contributed by atoms with van der Waals surface area (Å²) in [6, 6.07) is 27.3. The van der Waals surface area contributed by atoms with E-state index in [9.17, 15) is 33.0 Å². The number of nitrogens with zero attached hydrogens (tertiary/aromatic N) is 1. The van der Waals surface area contributed by atoms with E-state index in [1.165, 1.54) is 40.5 Å². The van der Waals surface area contributed by atoms with Crippen LogP contribution in [0.15, 0.2) is 109 Å². The third-order valence-corrected chi connectivity index (χ3v) is 13.3. The van der Waals surface area contributed by atoms with E-state index in [-0.39, 0.29) is 30.5 Å². The molecule has 12 heteroatoms. The molecule has 3 N–H and O–H groups in total. The van der Waals surface area contributed by atoms with Gasteiger partial charge in [0.05, 0.1) is 30.2 Å². The Hall–Kier alpha value is -5.17. The third kappa shape index (κ3) is 9.51. The summed E-state index contributed by atoms with van der Waals surface area (Å²) in [6.45, 7) is 3.97. The molecule has 4 atom stereocenters. The van der Waals surface area contributed by atoms with E-state index in [4.69, 9.17) is 4.74 Å². The Morgan fingerprint density at radius 3 is 2.39 bits per heavy atom. The molecule has 4 aromatic carbocycles. The Kier molecular flexibility index (Phi) is 12.2. The average Bonchev–Trinajstić information content (AvgIpc) is 3.75. The highest BCUT2D eigenvalue weighted by Gasteiger charge is 2.57. The molecule has 3 aliphatic rings. The summed E-state index contributed by atoms with van der Waals surface area (Å²) in [5, 5.41) is 28.1. The fraction of sp³-hybridized carbons (Fsp3) is 0.362. The number of carbonyl (C=O) groups excluding carboxylic acids is 2. The van der Waals surface area contributed by atoms with Gasteiger partial charge in [0, 0.05) is 27.9 Å². The first-order chi connectivity index (χ1) is 28.1. The van der Waals surface area contributed by atoms with Crippen molar-refractivity contribution in [2.45, 2.75) is 89.3 Å². The first-order valence-corrected chi connectivity index (χ1v) is 20.7. The molecule has 0 saturated heterocycles. The van der Waals surface area contributed by atoms with E-state index in [1.807, 2.05) is 62.4 Å². The van der Waals surface area contributed by atoms with Crippen LogP contribution >= 0.6 is 11.3 Å². The highest BCUT2D eigenvalue weighted by Crippen LogP contribution is 2.59. The van der Waals surface area contributed by atoms with E-state index in [0.717, 1.165) is 26.8 Å². The zero-order chi connectivity index (χ0) is 42.0. The predicted octanol–water partition coefficient (Wildman–Crippen LogP) is 10.8. The molecule has 2 bridgehead atoms. The van der Waals surface area contributed by atoms with E-state index in [1.54, 1.807) is 31.4 Å². The Morgan fingerprint density at radius 1 is 0.949 bits per heavy atom. The van der Waals surface area contributed by atoms with Gasteiger partial charge in [-0.05, 0) is 134 Å². The second-order valence-electron chi connectivity index (χ2n) is 16.1. The standard InChI is InChI=1S/C47H49F3N2O6S/c1-30-7-6-23-45(2)40(38-21-13-32(25-35(53)16-10-30)26-39(38)43(54)42-27-33-8-4-5-9-41(33)59-42)22-24-46(45,56)29-52(44(55)51-34-14-19-36(57-3)20-15-34)28-31-11-17-37(18-12-31)58-47(48,49)50/h4-5,7-9,11-15,17-21,26-27,35,40,53,56H,6,10,16,22-25,28-29H2,1-3H3,(H,51,55). The molecule has 310 valence electrons. The minimum atomic E-state index is -4.85. The molecule has 0 aliphatic heterocycles. The lowest BCUT2D eigenvalue weighted by Gasteiger charge is -2.46. The molecule has 1 heterocycles. The van der Waals surface area contributed by atoms with Crippen LogP contribution in [0, 0.1) is 5.41 Å². The van der Waals surface area contributed by atoms with E-state index in [2.05, 4.69) is 16.1 Å². The van der Waals surface area contributed by atoms with Gasteiger partial charge in [-0.2, -0.15) is 0 Å². The van der Waals surface area contributed by atoms with Crippen LogP contribution in [0.4, 0.5) is 23.7 Å². The number of amides is 2. The first-order valence-electron chi connectivity index (χ1n) is 19.9. The highest BCUT2D eigenvalue weighted by atomic mass is 32.1. The molecule has 1 aromatic heterocycles. The van der Waals surface area contributed by atoms with Gasteiger partial charge in [0.15, 0.2) is 0 Å². The van der Waals surface area contributed by atoms with Gasteiger partial charge in [-0.25, -0.2) is 4.79 Å². The Bertz CT molecular complexity index is 2290. The lowest BCUT2D eigenvalue weighted by atomic mass is 9.64. The maximum atomic E-state index is 14.7. The van der Waals surface area contributed by atoms with Gasteiger partial charge >= 0.3 is 12.4 Å². The van der Waals surface area contributed by atoms with Gasteiger partial charge in [-0.15, -0.1) is 24.5 Å². The van der Waals surface area contributed by atoms with Crippen LogP contribution in [0.1, 0.15) is 90.2 Å². The van der Waals surface area contributed by atoms with Crippen LogP contribution in [-0.2, 0) is 13.0 Å². The lowest BCUT2D eigenvalue weighted by Crippen LogP contribution is -2.54. The van der Waals surface area contributed by atoms with Crippen LogP contribution in [-0.4, -0.2) is 58.6 Å². The van der Waals surface area contributed by atoms with Crippen molar-refractivity contribution in [3.05, 3.63) is 136 Å². The number of ketones is 1. The van der Waals surface area contributed by atoms with Gasteiger partial charge in [0.25, 0.3) is 0 Å². The minimum Gasteiger partial charge on any atom is -0.497 e. The van der Waals surface area contributed by atoms with Crippen LogP contribution in [0.3, 0.4) is 0 Å². The number of benzene rings is 4. The summed E-state index contributed by atoms with van der Waals surface area (Å²) < 4.78 is 49.3. The molecular weight excluding hydrogens is 778 g/mol. The Labute approximate surface area is 346 Å². The van der Waals surface area contributed by atoms with Gasteiger partial charge in [-0.1, -0.05) is 61.0 Å². The second-order valence-corrected chi connectivity index (χ2v) is 17.2. The van der Waals surface area contributed by atoms with E-state index in [0.29, 0.717) is 72.4 Å². The molecule has 4 unspecified atom stereocenters. The summed E-state index contributed by atoms with van der Waals surface area (Å²) in [4.78, 5) is 31.0. The van der Waals surface area contributed by atoms with Crippen molar-refractivity contribution in [2.75, 3.05) is 19.0 Å². The zero-order valence-corrected chi connectivity index (χ0v) is 34.2. The van der Waals surface area contributed by atoms with E-state index >= 15 is 0 Å². The minimum absolute atomic E-state index is 0.0248. The number of alkyl halides is 3. The maximum Gasteiger partial charge on any atom is 0.573 e. The van der Waals surface area contributed by atoms with Gasteiger partial charge < -0.3 is 29.9 Å². The zero-order valence-electron chi connectivity index (χ0n) is 33.4. The summed E-state index contributed by atoms with van der Waals surface area (Å²) in [7, 11) is 1.54. The summed E-state index contributed by atoms with van der Waals surface area (Å²) in [5.74, 6) is -0.184. The Morgan fingerprint density at radius 2 is 1.68 bits per heavy atom. The van der Waals surface area contributed by atoms with Crippen molar-refractivity contribution < 1.29 is 42.4 Å². The van der Waals surface area contributed by atoms with Gasteiger partial charge in [0.1, 0.15) is 11.5 Å². The van der Waals surface area contributed by atoms with E-state index < -0.39 is 29.5 Å². The monoisotopic (exact) mass is 826 g/mol. The second kappa shape index (κ2) is 17.2. The lowest BCUT2D eigenvalue weighted by molar-refractivity contribution is -0.274. The molecule has 3 aliphatic carbocycles. The number of hydrogen-bond donors (Lipinski definition) is 3. The Balaban J connectivity index is 1.27. The number of thiophene rings is 1. The molecule has 5 aromatic rings. The molecule has 8 nitrogen and oxygen atoms in total. The number of rotatable bonds is 9. The van der Waals surface area contributed by atoms with Crippen molar-refractivity contribution in [3.63, 3.8) is 0 Å². The molecule has 1 fully saturated rings. The van der Waals surface area contributed by atoms with Crippen LogP contribution in [0.5, 0.6) is 11.5 Å². The highest BCUT2D eigenvalue weighted by molar-refractivity contribution is 7.21. The van der Waals surface area contributed by atoms with Gasteiger partial charge in [-0.3, -0.25) is 4.79 Å². The molecular formula is C47H49F3N2O6S. The molecule has 59 heavy (non-hydrogen) atoms. The SMILES string of the molecule is COc1ccc(NC(=O)N(Cc2ccc(OC(F)(F)F)cc2)CC2(O)CCC3c4ccc(cc4C(=O)c4cc5ccccc5s4)CC(O)CCC(C)=CCCC32C)cc1. The number of halogens is 3. The van der Waals surface area contributed by atoms with Crippen LogP contribution < -0.4 is 14.8 Å². The van der Waals surface area contributed by atoms with Crippen molar-refractivity contribution in [1.29, 1.82) is 0 Å². The molecule has 0 radical (unpaired) electrons. The quantitative estimate of drug-likeness (QED) is 0.101. The molecule has 1 saturated carbocycles. The average molecular weight is 827 g/mol. The molecule has 2 amide bonds. The molecule has 8 rings (SSSR count). The first kappa shape index (κ1) is 42.0. The van der Waals surface area contributed by atoms with Crippen molar-refractivity contribution in [1.82, 2.24) is 4.90 Å². The number of nitrogens with one attached hydrogen (secondary N) is 1. The number of ether oxygens (including phenoxy) is 2. The van der Waals surface area contributed by atoms with Crippen molar-refractivity contribution >= 4 is 38.9 Å². The summed E-state index contributed by atoms with van der Waals surface area (Å²) in [5.41, 5.74) is 2.06. The number of hydrogen-bond acceptors (Lipinski definition) is 7. The summed E-state index contributed by atoms with van der Waals surface area (Å²) >= 11 is 1.44. The van der Waals surface area contributed by atoms with Crippen molar-refractivity contribution in [3.8, 4) is 11.5 Å². The number of aliphatic hydroxyl groups is 2. The fourth-order valence-electron chi connectivity index (χ4n) is 8.83. The van der Waals surface area contributed by atoms with Gasteiger partial charge in [0.2, 0.25) is 5.78 Å². The number of anilines is 1. The number of carbonyl (C=O) groups is 2. The number of urea groups is 1. The maximum absolute atomic E-state index is 14.7. The topological polar surface area (TPSA) is 108 Å². The third-order valence-electron chi connectivity index (χ3n) is 12.2. The number of fused-ring (bicyclic) bond motifs is 9. The number of methoxy groups -OCH3 is 1. The molecule has 0 spiro atoms. The predicted molar refractivity (Wildman–Crippen MR) is 224 cm³/mol.